The van der Waals surface area contributed by atoms with E-state index < -0.39 is 0 Å². The van der Waals surface area contributed by atoms with Gasteiger partial charge in [-0.15, -0.1) is 0 Å². The highest BCUT2D eigenvalue weighted by atomic mass is 35.5. The standard InChI is InChI=1S/C14H18ClN3O/c1-3-4-7-18(2)10-14(19)17-12-6-5-11(9-16)13(15)8-12/h5-6,8H,3-4,7,10H2,1-2H3,(H,17,19). The average Bonchev–Trinajstić information content (AvgIpc) is 2.36. The summed E-state index contributed by atoms with van der Waals surface area (Å²) < 4.78 is 0. The molecule has 0 heterocycles. The van der Waals surface area contributed by atoms with Crippen LogP contribution >= 0.6 is 11.6 Å². The number of carbonyl (C=O) groups excluding carboxylic acids is 1. The zero-order valence-corrected chi connectivity index (χ0v) is 12.0. The first-order chi connectivity index (χ1) is 9.06. The number of carbonyl (C=O) groups is 1. The number of nitrogens with zero attached hydrogens (tertiary/aromatic N) is 2. The lowest BCUT2D eigenvalue weighted by molar-refractivity contribution is -0.117. The van der Waals surface area contributed by atoms with Gasteiger partial charge in [-0.3, -0.25) is 9.69 Å². The number of rotatable bonds is 6. The van der Waals surface area contributed by atoms with Crippen molar-refractivity contribution in [1.82, 2.24) is 4.90 Å². The molecule has 0 radical (unpaired) electrons. The summed E-state index contributed by atoms with van der Waals surface area (Å²) in [6.45, 7) is 3.36. The number of benzene rings is 1. The molecule has 1 rings (SSSR count). The molecule has 0 unspecified atom stereocenters. The number of nitrogens with one attached hydrogen (secondary N) is 1. The van der Waals surface area contributed by atoms with Crippen molar-refractivity contribution < 1.29 is 4.79 Å². The largest absolute Gasteiger partial charge is 0.325 e. The lowest BCUT2D eigenvalue weighted by Crippen LogP contribution is -2.30. The normalized spacial score (nSPS) is 10.3. The number of hydrogen-bond donors (Lipinski definition) is 1. The van der Waals surface area contributed by atoms with Crippen molar-refractivity contribution in [3.63, 3.8) is 0 Å². The minimum absolute atomic E-state index is 0.0839. The SMILES string of the molecule is CCCCN(C)CC(=O)Nc1ccc(C#N)c(Cl)c1. The van der Waals surface area contributed by atoms with Gasteiger partial charge in [0.05, 0.1) is 17.1 Å². The Hall–Kier alpha value is -1.57. The van der Waals surface area contributed by atoms with E-state index in [9.17, 15) is 4.79 Å². The molecular formula is C14H18ClN3O. The van der Waals surface area contributed by atoms with E-state index in [1.165, 1.54) is 0 Å². The van der Waals surface area contributed by atoms with Gasteiger partial charge in [0.2, 0.25) is 5.91 Å². The maximum absolute atomic E-state index is 11.8. The van der Waals surface area contributed by atoms with E-state index in [1.54, 1.807) is 18.2 Å². The molecule has 1 N–H and O–H groups in total. The highest BCUT2D eigenvalue weighted by Crippen LogP contribution is 2.20. The summed E-state index contributed by atoms with van der Waals surface area (Å²) in [5, 5.41) is 11.9. The molecular weight excluding hydrogens is 262 g/mol. The van der Waals surface area contributed by atoms with Crippen molar-refractivity contribution in [3.05, 3.63) is 28.8 Å². The molecule has 0 saturated heterocycles. The van der Waals surface area contributed by atoms with Crippen molar-refractivity contribution in [2.45, 2.75) is 19.8 Å². The van der Waals surface area contributed by atoms with Crippen LogP contribution in [0.15, 0.2) is 18.2 Å². The summed E-state index contributed by atoms with van der Waals surface area (Å²) in [4.78, 5) is 13.8. The number of hydrogen-bond acceptors (Lipinski definition) is 3. The zero-order chi connectivity index (χ0) is 14.3. The van der Waals surface area contributed by atoms with Crippen molar-refractivity contribution in [2.75, 3.05) is 25.5 Å². The molecule has 0 bridgehead atoms. The fourth-order valence-electron chi connectivity index (χ4n) is 1.64. The first-order valence-corrected chi connectivity index (χ1v) is 6.62. The highest BCUT2D eigenvalue weighted by Gasteiger charge is 2.08. The molecule has 19 heavy (non-hydrogen) atoms. The van der Waals surface area contributed by atoms with Gasteiger partial charge < -0.3 is 5.32 Å². The van der Waals surface area contributed by atoms with Crippen molar-refractivity contribution in [1.29, 1.82) is 5.26 Å². The Morgan fingerprint density at radius 3 is 2.84 bits per heavy atom. The molecule has 5 heteroatoms. The zero-order valence-electron chi connectivity index (χ0n) is 11.2. The van der Waals surface area contributed by atoms with E-state index in [-0.39, 0.29) is 5.91 Å². The van der Waals surface area contributed by atoms with Crippen LogP contribution in [0.1, 0.15) is 25.3 Å². The summed E-state index contributed by atoms with van der Waals surface area (Å²) in [6, 6.07) is 6.84. The number of amides is 1. The molecule has 0 aliphatic rings. The van der Waals surface area contributed by atoms with Gasteiger partial charge in [-0.25, -0.2) is 0 Å². The summed E-state index contributed by atoms with van der Waals surface area (Å²) >= 11 is 5.90. The Morgan fingerprint density at radius 1 is 1.53 bits per heavy atom. The van der Waals surface area contributed by atoms with Gasteiger partial charge in [0, 0.05) is 5.69 Å². The lowest BCUT2D eigenvalue weighted by Gasteiger charge is -2.15. The maximum atomic E-state index is 11.8. The average molecular weight is 280 g/mol. The molecule has 0 saturated carbocycles. The van der Waals surface area contributed by atoms with Gasteiger partial charge in [0.15, 0.2) is 0 Å². The van der Waals surface area contributed by atoms with E-state index in [4.69, 9.17) is 16.9 Å². The third kappa shape index (κ3) is 5.29. The van der Waals surface area contributed by atoms with Crippen LogP contribution in [-0.2, 0) is 4.79 Å². The van der Waals surface area contributed by atoms with Crippen LogP contribution in [-0.4, -0.2) is 30.9 Å². The fraction of sp³-hybridized carbons (Fsp3) is 0.429. The van der Waals surface area contributed by atoms with Gasteiger partial charge in [0.1, 0.15) is 6.07 Å². The first-order valence-electron chi connectivity index (χ1n) is 6.25. The lowest BCUT2D eigenvalue weighted by atomic mass is 10.2. The monoisotopic (exact) mass is 279 g/mol. The Balaban J connectivity index is 2.53. The van der Waals surface area contributed by atoms with E-state index in [1.807, 2.05) is 18.0 Å². The smallest absolute Gasteiger partial charge is 0.238 e. The molecule has 4 nitrogen and oxygen atoms in total. The second-order valence-electron chi connectivity index (χ2n) is 4.45. The molecule has 0 fully saturated rings. The fourth-order valence-corrected chi connectivity index (χ4v) is 1.86. The third-order valence-electron chi connectivity index (χ3n) is 2.68. The number of likely N-dealkylation sites (N-methyl/N-ethyl adjacent to an activating group) is 1. The van der Waals surface area contributed by atoms with Crippen LogP contribution in [0.5, 0.6) is 0 Å². The summed E-state index contributed by atoms with van der Waals surface area (Å²) in [5.41, 5.74) is 1.01. The Bertz CT molecular complexity index is 482. The van der Waals surface area contributed by atoms with Gasteiger partial charge in [-0.05, 0) is 38.2 Å². The second-order valence-corrected chi connectivity index (χ2v) is 4.85. The molecule has 0 spiro atoms. The van der Waals surface area contributed by atoms with Crippen molar-refractivity contribution >= 4 is 23.2 Å². The molecule has 1 amide bonds. The molecule has 0 aromatic heterocycles. The Labute approximate surface area is 119 Å². The molecule has 1 aromatic carbocycles. The quantitative estimate of drug-likeness (QED) is 0.871. The summed E-state index contributed by atoms with van der Waals surface area (Å²) in [7, 11) is 1.92. The van der Waals surface area contributed by atoms with E-state index >= 15 is 0 Å². The minimum atomic E-state index is -0.0839. The number of halogens is 1. The Kier molecular flexibility index (Phi) is 6.34. The summed E-state index contributed by atoms with van der Waals surface area (Å²) in [6.07, 6.45) is 2.18. The predicted octanol–water partition coefficient (Wildman–Crippen LogP) is 2.88. The molecule has 1 aromatic rings. The van der Waals surface area contributed by atoms with Gasteiger partial charge >= 0.3 is 0 Å². The van der Waals surface area contributed by atoms with Crippen LogP contribution in [0.2, 0.25) is 5.02 Å². The minimum Gasteiger partial charge on any atom is -0.325 e. The Morgan fingerprint density at radius 2 is 2.26 bits per heavy atom. The van der Waals surface area contributed by atoms with Crippen molar-refractivity contribution in [2.24, 2.45) is 0 Å². The molecule has 0 aliphatic carbocycles. The van der Waals surface area contributed by atoms with Crippen LogP contribution in [0.25, 0.3) is 0 Å². The number of unbranched alkanes of at least 4 members (excludes halogenated alkanes) is 1. The second kappa shape index (κ2) is 7.78. The van der Waals surface area contributed by atoms with E-state index in [0.29, 0.717) is 22.8 Å². The van der Waals surface area contributed by atoms with E-state index in [2.05, 4.69) is 12.2 Å². The van der Waals surface area contributed by atoms with Gasteiger partial charge in [-0.2, -0.15) is 5.26 Å². The van der Waals surface area contributed by atoms with Gasteiger partial charge in [0.25, 0.3) is 0 Å². The van der Waals surface area contributed by atoms with E-state index in [0.717, 1.165) is 19.4 Å². The molecule has 102 valence electrons. The van der Waals surface area contributed by atoms with Crippen LogP contribution in [0.3, 0.4) is 0 Å². The van der Waals surface area contributed by atoms with Crippen LogP contribution in [0, 0.1) is 11.3 Å². The van der Waals surface area contributed by atoms with Crippen molar-refractivity contribution in [3.8, 4) is 6.07 Å². The molecule has 0 aliphatic heterocycles. The highest BCUT2D eigenvalue weighted by molar-refractivity contribution is 6.32. The number of nitriles is 1. The van der Waals surface area contributed by atoms with Crippen LogP contribution in [0.4, 0.5) is 5.69 Å². The number of anilines is 1. The van der Waals surface area contributed by atoms with Crippen LogP contribution < -0.4 is 5.32 Å². The predicted molar refractivity (Wildman–Crippen MR) is 77.2 cm³/mol. The third-order valence-corrected chi connectivity index (χ3v) is 2.99. The topological polar surface area (TPSA) is 56.1 Å². The summed E-state index contributed by atoms with van der Waals surface area (Å²) in [5.74, 6) is -0.0839. The first kappa shape index (κ1) is 15.5. The molecule has 0 atom stereocenters. The van der Waals surface area contributed by atoms with Gasteiger partial charge in [-0.1, -0.05) is 24.9 Å². The maximum Gasteiger partial charge on any atom is 0.238 e.